The number of fused-ring (bicyclic) bond motifs is 3. The molecule has 5 nitrogen and oxygen atoms in total. The second-order valence-electron chi connectivity index (χ2n) is 6.38. The molecule has 1 aromatic heterocycles. The lowest BCUT2D eigenvalue weighted by molar-refractivity contribution is 0.0698. The second kappa shape index (κ2) is 6.89. The first-order valence-corrected chi connectivity index (χ1v) is 9.37. The lowest BCUT2D eigenvalue weighted by atomic mass is 9.98. The Hall–Kier alpha value is -3.12. The number of benzene rings is 2. The van der Waals surface area contributed by atoms with Crippen molar-refractivity contribution in [1.29, 1.82) is 0 Å². The number of amides is 1. The van der Waals surface area contributed by atoms with Gasteiger partial charge in [0.2, 0.25) is 0 Å². The summed E-state index contributed by atoms with van der Waals surface area (Å²) >= 11 is 1.18. The lowest BCUT2D eigenvalue weighted by Crippen LogP contribution is -2.18. The minimum absolute atomic E-state index is 0.0350. The number of aryl methyl sites for hydroxylation is 1. The van der Waals surface area contributed by atoms with Crippen molar-refractivity contribution >= 4 is 28.4 Å². The van der Waals surface area contributed by atoms with Crippen LogP contribution in [0.15, 0.2) is 53.9 Å². The number of hydrogen-bond donors (Lipinski definition) is 2. The van der Waals surface area contributed by atoms with Gasteiger partial charge in [0.1, 0.15) is 11.6 Å². The van der Waals surface area contributed by atoms with Gasteiger partial charge >= 0.3 is 12.1 Å². The van der Waals surface area contributed by atoms with Gasteiger partial charge in [-0.15, -0.1) is 11.3 Å². The van der Waals surface area contributed by atoms with E-state index >= 15 is 0 Å². The van der Waals surface area contributed by atoms with Crippen molar-refractivity contribution in [2.45, 2.75) is 12.8 Å². The Morgan fingerprint density at radius 3 is 2.26 bits per heavy atom. The van der Waals surface area contributed by atoms with E-state index in [2.05, 4.69) is 17.4 Å². The fourth-order valence-corrected chi connectivity index (χ4v) is 4.45. The molecule has 0 saturated heterocycles. The van der Waals surface area contributed by atoms with Crippen LogP contribution in [0, 0.1) is 6.92 Å². The highest BCUT2D eigenvalue weighted by Gasteiger charge is 2.29. The first-order valence-electron chi connectivity index (χ1n) is 8.49. The molecule has 4 rings (SSSR count). The molecule has 0 saturated carbocycles. The van der Waals surface area contributed by atoms with Gasteiger partial charge in [-0.25, -0.2) is 9.59 Å². The van der Waals surface area contributed by atoms with E-state index in [1.165, 1.54) is 11.3 Å². The minimum atomic E-state index is -1.07. The molecule has 0 fully saturated rings. The van der Waals surface area contributed by atoms with Crippen LogP contribution < -0.4 is 5.32 Å². The normalized spacial score (nSPS) is 12.3. The van der Waals surface area contributed by atoms with Gasteiger partial charge in [0, 0.05) is 5.92 Å². The van der Waals surface area contributed by atoms with Gasteiger partial charge in [-0.1, -0.05) is 48.5 Å². The van der Waals surface area contributed by atoms with E-state index in [0.717, 1.165) is 22.3 Å². The van der Waals surface area contributed by atoms with Crippen LogP contribution in [0.5, 0.6) is 0 Å². The number of anilines is 1. The first kappa shape index (κ1) is 17.3. The Morgan fingerprint density at radius 2 is 1.67 bits per heavy atom. The SMILES string of the molecule is Cc1csc(NC(=O)OCC2c3ccccc3-c3ccccc32)c1C(=O)O. The Bertz CT molecular complexity index is 995. The molecule has 27 heavy (non-hydrogen) atoms. The minimum Gasteiger partial charge on any atom is -0.478 e. The van der Waals surface area contributed by atoms with Crippen LogP contribution in [0.1, 0.15) is 33.0 Å². The number of thiophene rings is 1. The van der Waals surface area contributed by atoms with Gasteiger partial charge in [-0.2, -0.15) is 0 Å². The summed E-state index contributed by atoms with van der Waals surface area (Å²) in [7, 11) is 0. The molecule has 136 valence electrons. The Labute approximate surface area is 160 Å². The van der Waals surface area contributed by atoms with Crippen molar-refractivity contribution in [1.82, 2.24) is 0 Å². The molecule has 1 amide bonds. The number of hydrogen-bond acceptors (Lipinski definition) is 4. The molecule has 1 heterocycles. The van der Waals surface area contributed by atoms with Crippen molar-refractivity contribution in [2.75, 3.05) is 11.9 Å². The van der Waals surface area contributed by atoms with Crippen LogP contribution in [0.25, 0.3) is 11.1 Å². The monoisotopic (exact) mass is 379 g/mol. The maximum Gasteiger partial charge on any atom is 0.412 e. The summed E-state index contributed by atoms with van der Waals surface area (Å²) in [5.41, 5.74) is 5.29. The third kappa shape index (κ3) is 3.08. The average molecular weight is 379 g/mol. The Kier molecular flexibility index (Phi) is 4.41. The highest BCUT2D eigenvalue weighted by atomic mass is 32.1. The summed E-state index contributed by atoms with van der Waals surface area (Å²) in [6.45, 7) is 1.88. The summed E-state index contributed by atoms with van der Waals surface area (Å²) in [4.78, 5) is 23.6. The number of aromatic carboxylic acids is 1. The zero-order valence-corrected chi connectivity index (χ0v) is 15.4. The lowest BCUT2D eigenvalue weighted by Gasteiger charge is -2.14. The van der Waals surface area contributed by atoms with Crippen molar-refractivity contribution in [3.05, 3.63) is 76.2 Å². The third-order valence-corrected chi connectivity index (χ3v) is 5.76. The maximum absolute atomic E-state index is 12.3. The van der Waals surface area contributed by atoms with Crippen LogP contribution >= 0.6 is 11.3 Å². The number of carbonyl (C=O) groups excluding carboxylic acids is 1. The zero-order chi connectivity index (χ0) is 19.0. The van der Waals surface area contributed by atoms with Gasteiger partial charge in [-0.3, -0.25) is 5.32 Å². The molecule has 0 unspecified atom stereocenters. The van der Waals surface area contributed by atoms with Gasteiger partial charge in [0.15, 0.2) is 0 Å². The van der Waals surface area contributed by atoms with Crippen LogP contribution in [-0.4, -0.2) is 23.8 Å². The summed E-state index contributed by atoms with van der Waals surface area (Å²) < 4.78 is 5.45. The number of ether oxygens (including phenoxy) is 1. The fraction of sp³-hybridized carbons (Fsp3) is 0.143. The molecule has 0 atom stereocenters. The predicted octanol–water partition coefficient (Wildman–Crippen LogP) is 5.12. The van der Waals surface area contributed by atoms with E-state index in [1.807, 2.05) is 36.4 Å². The Balaban J connectivity index is 1.51. The molecule has 1 aliphatic carbocycles. The van der Waals surface area contributed by atoms with Crippen LogP contribution in [0.4, 0.5) is 9.80 Å². The number of rotatable bonds is 4. The van der Waals surface area contributed by atoms with Gasteiger partial charge < -0.3 is 9.84 Å². The van der Waals surface area contributed by atoms with Crippen LogP contribution in [0.3, 0.4) is 0 Å². The molecule has 2 aromatic carbocycles. The van der Waals surface area contributed by atoms with Crippen molar-refractivity contribution in [3.8, 4) is 11.1 Å². The van der Waals surface area contributed by atoms with E-state index in [1.54, 1.807) is 12.3 Å². The van der Waals surface area contributed by atoms with E-state index < -0.39 is 12.1 Å². The number of nitrogens with one attached hydrogen (secondary N) is 1. The molecule has 0 spiro atoms. The maximum atomic E-state index is 12.3. The third-order valence-electron chi connectivity index (χ3n) is 4.75. The standard InChI is InChI=1S/C21H17NO4S/c1-12-11-27-19(18(12)20(23)24)22-21(25)26-10-17-15-8-4-2-6-13(15)14-7-3-5-9-16(14)17/h2-9,11,17H,10H2,1H3,(H,22,25)(H,23,24). The molecule has 3 aromatic rings. The molecule has 0 aliphatic heterocycles. The molecule has 6 heteroatoms. The summed E-state index contributed by atoms with van der Waals surface area (Å²) in [6.07, 6.45) is -0.652. The van der Waals surface area contributed by atoms with Gasteiger partial charge in [0.05, 0.1) is 5.56 Å². The summed E-state index contributed by atoms with van der Waals surface area (Å²) in [5, 5.41) is 13.8. The number of carbonyl (C=O) groups is 2. The summed E-state index contributed by atoms with van der Waals surface area (Å²) in [6, 6.07) is 16.2. The molecule has 1 aliphatic rings. The molecule has 0 radical (unpaired) electrons. The highest BCUT2D eigenvalue weighted by molar-refractivity contribution is 7.15. The quantitative estimate of drug-likeness (QED) is 0.660. The van der Waals surface area contributed by atoms with E-state index in [4.69, 9.17) is 4.74 Å². The van der Waals surface area contributed by atoms with Crippen molar-refractivity contribution < 1.29 is 19.4 Å². The van der Waals surface area contributed by atoms with Gasteiger partial charge in [-0.05, 0) is 40.1 Å². The predicted molar refractivity (Wildman–Crippen MR) is 105 cm³/mol. The smallest absolute Gasteiger partial charge is 0.412 e. The van der Waals surface area contributed by atoms with Crippen LogP contribution in [-0.2, 0) is 4.74 Å². The Morgan fingerprint density at radius 1 is 1.07 bits per heavy atom. The van der Waals surface area contributed by atoms with E-state index in [9.17, 15) is 14.7 Å². The molecule has 2 N–H and O–H groups in total. The molecular weight excluding hydrogens is 362 g/mol. The fourth-order valence-electron chi connectivity index (χ4n) is 3.53. The molecular formula is C21H17NO4S. The van der Waals surface area contributed by atoms with E-state index in [-0.39, 0.29) is 23.1 Å². The van der Waals surface area contributed by atoms with E-state index in [0.29, 0.717) is 5.56 Å². The molecule has 0 bridgehead atoms. The second-order valence-corrected chi connectivity index (χ2v) is 7.26. The number of carboxylic acids is 1. The largest absolute Gasteiger partial charge is 0.478 e. The van der Waals surface area contributed by atoms with Crippen LogP contribution in [0.2, 0.25) is 0 Å². The van der Waals surface area contributed by atoms with Crippen molar-refractivity contribution in [3.63, 3.8) is 0 Å². The van der Waals surface area contributed by atoms with Crippen molar-refractivity contribution in [2.24, 2.45) is 0 Å². The first-order chi connectivity index (χ1) is 13.1. The zero-order valence-electron chi connectivity index (χ0n) is 14.6. The summed E-state index contributed by atoms with van der Waals surface area (Å²) in [5.74, 6) is -1.10. The topological polar surface area (TPSA) is 75.6 Å². The van der Waals surface area contributed by atoms with Gasteiger partial charge in [0.25, 0.3) is 0 Å². The number of carboxylic acid groups (broad SMARTS) is 1. The average Bonchev–Trinajstić information content (AvgIpc) is 3.18. The highest BCUT2D eigenvalue weighted by Crippen LogP contribution is 2.44.